The van der Waals surface area contributed by atoms with Gasteiger partial charge in [-0.05, 0) is 67.6 Å². The van der Waals surface area contributed by atoms with Crippen LogP contribution in [0.4, 0.5) is 14.5 Å². The van der Waals surface area contributed by atoms with Crippen LogP contribution >= 0.6 is 0 Å². The number of aromatic nitrogens is 3. The van der Waals surface area contributed by atoms with E-state index in [1.165, 1.54) is 65.4 Å². The van der Waals surface area contributed by atoms with Gasteiger partial charge in [-0.1, -0.05) is 0 Å². The highest BCUT2D eigenvalue weighted by molar-refractivity contribution is 6.04. The number of dihydropyridines is 1. The number of anilines is 1. The molecule has 1 aliphatic heterocycles. The van der Waals surface area contributed by atoms with E-state index in [-0.39, 0.29) is 22.8 Å². The third-order valence-corrected chi connectivity index (χ3v) is 6.44. The molecule has 1 aliphatic rings. The summed E-state index contributed by atoms with van der Waals surface area (Å²) >= 11 is 0. The van der Waals surface area contributed by atoms with Crippen LogP contribution in [0.15, 0.2) is 102 Å². The number of hydrogen-bond acceptors (Lipinski definition) is 6. The summed E-state index contributed by atoms with van der Waals surface area (Å²) in [5, 5.41) is 17.3. The van der Waals surface area contributed by atoms with Gasteiger partial charge in [0.2, 0.25) is 0 Å². The number of amides is 1. The Kier molecular flexibility index (Phi) is 7.42. The Morgan fingerprint density at radius 2 is 1.93 bits per heavy atom. The molecule has 0 unspecified atom stereocenters. The van der Waals surface area contributed by atoms with Gasteiger partial charge in [0.1, 0.15) is 11.4 Å². The van der Waals surface area contributed by atoms with Crippen LogP contribution in [0.3, 0.4) is 0 Å². The van der Waals surface area contributed by atoms with Crippen molar-refractivity contribution >= 4 is 23.4 Å². The summed E-state index contributed by atoms with van der Waals surface area (Å²) in [5.41, 5.74) is 2.67. The van der Waals surface area contributed by atoms with E-state index in [4.69, 9.17) is 10.1 Å². The summed E-state index contributed by atoms with van der Waals surface area (Å²) in [5.74, 6) is -1.80. The van der Waals surface area contributed by atoms with Crippen LogP contribution in [-0.4, -0.2) is 26.5 Å². The zero-order valence-electron chi connectivity index (χ0n) is 22.0. The van der Waals surface area contributed by atoms with Crippen molar-refractivity contribution < 1.29 is 18.3 Å². The Morgan fingerprint density at radius 3 is 2.61 bits per heavy atom. The van der Waals surface area contributed by atoms with E-state index in [0.717, 1.165) is 29.1 Å². The normalized spacial score (nSPS) is 13.7. The highest BCUT2D eigenvalue weighted by Crippen LogP contribution is 2.30. The maximum atomic E-state index is 15.1. The molecule has 4 aromatic rings. The molecule has 11 heteroatoms. The molecule has 0 aliphatic carbocycles. The Hall–Kier alpha value is -5.58. The first-order valence-electron chi connectivity index (χ1n) is 12.4. The van der Waals surface area contributed by atoms with Crippen LogP contribution in [0.1, 0.15) is 21.6 Å². The minimum atomic E-state index is -0.761. The molecule has 0 saturated heterocycles. The molecule has 0 spiro atoms. The Morgan fingerprint density at radius 1 is 1.15 bits per heavy atom. The first kappa shape index (κ1) is 27.0. The van der Waals surface area contributed by atoms with E-state index >= 15 is 4.39 Å². The highest BCUT2D eigenvalue weighted by atomic mass is 19.1. The summed E-state index contributed by atoms with van der Waals surface area (Å²) in [6.07, 6.45) is 9.18. The average molecular weight is 555 g/mol. The molecule has 41 heavy (non-hydrogen) atoms. The fraction of sp³-hybridized carbons (Fsp3) is 0.0667. The summed E-state index contributed by atoms with van der Waals surface area (Å²) < 4.78 is 37.3. The molecule has 206 valence electrons. The molecule has 5 rings (SSSR count). The molecule has 0 fully saturated rings. The number of rotatable bonds is 7. The molecule has 0 radical (unpaired) electrons. The van der Waals surface area contributed by atoms with Gasteiger partial charge in [0.05, 0.1) is 11.9 Å². The molecule has 1 amide bonds. The summed E-state index contributed by atoms with van der Waals surface area (Å²) in [7, 11) is 1.83. The number of nitrogens with zero attached hydrogens (tertiary/aromatic N) is 3. The average Bonchev–Trinajstić information content (AvgIpc) is 3.29. The van der Waals surface area contributed by atoms with Crippen molar-refractivity contribution in [2.45, 2.75) is 6.92 Å². The first-order valence-corrected chi connectivity index (χ1v) is 12.4. The van der Waals surface area contributed by atoms with Crippen molar-refractivity contribution in [3.8, 4) is 11.4 Å². The maximum absolute atomic E-state index is 15.1. The Balaban J connectivity index is 1.37. The molecule has 0 bridgehead atoms. The van der Waals surface area contributed by atoms with Gasteiger partial charge >= 0.3 is 0 Å². The molecular weight excluding hydrogens is 530 g/mol. The number of halogens is 2. The second-order valence-corrected chi connectivity index (χ2v) is 9.04. The van der Waals surface area contributed by atoms with Gasteiger partial charge in [0.25, 0.3) is 11.5 Å². The SMILES string of the molecule is Cc1c(C2=CN/C(=C\C=N)C(Oc3ccc(NC(=O)c4cccn(-c5ccc(F)cc5)c4=O)cc3F)=C2)cnn1C. The smallest absolute Gasteiger partial charge is 0.267 e. The molecule has 3 heterocycles. The standard InChI is InChI=1S/C30H24F2N6O3/c1-18-24(17-35-37(18)2)19-14-28(26(11-12-33)34-16-19)41-27-10-7-21(15-25(27)32)36-29(39)23-4-3-13-38(30(23)40)22-8-5-20(31)6-9-22/h3-17,33-34H,1-2H3,(H,36,39)/b26-11-,33-12?. The van der Waals surface area contributed by atoms with Crippen LogP contribution in [0.5, 0.6) is 5.75 Å². The van der Waals surface area contributed by atoms with Crippen LogP contribution < -0.4 is 20.9 Å². The predicted octanol–water partition coefficient (Wildman–Crippen LogP) is 4.85. The fourth-order valence-electron chi connectivity index (χ4n) is 4.17. The van der Waals surface area contributed by atoms with E-state index in [9.17, 15) is 14.0 Å². The van der Waals surface area contributed by atoms with Crippen molar-refractivity contribution in [3.05, 3.63) is 136 Å². The molecule has 3 N–H and O–H groups in total. The van der Waals surface area contributed by atoms with Gasteiger partial charge in [-0.3, -0.25) is 18.8 Å². The minimum absolute atomic E-state index is 0.106. The number of allylic oxidation sites excluding steroid dienone is 3. The lowest BCUT2D eigenvalue weighted by Gasteiger charge is -2.19. The molecular formula is C30H24F2N6O3. The van der Waals surface area contributed by atoms with Crippen molar-refractivity contribution in [2.75, 3.05) is 5.32 Å². The lowest BCUT2D eigenvalue weighted by Crippen LogP contribution is -2.27. The predicted molar refractivity (Wildman–Crippen MR) is 151 cm³/mol. The first-order chi connectivity index (χ1) is 19.7. The van der Waals surface area contributed by atoms with Gasteiger partial charge in [-0.15, -0.1) is 0 Å². The van der Waals surface area contributed by atoms with E-state index in [1.54, 1.807) is 23.2 Å². The third kappa shape index (κ3) is 5.59. The van der Waals surface area contributed by atoms with E-state index in [2.05, 4.69) is 15.7 Å². The van der Waals surface area contributed by atoms with E-state index in [0.29, 0.717) is 11.4 Å². The summed E-state index contributed by atoms with van der Waals surface area (Å²) in [4.78, 5) is 25.8. The quantitative estimate of drug-likeness (QED) is 0.283. The number of ether oxygens (including phenoxy) is 1. The van der Waals surface area contributed by atoms with Crippen molar-refractivity contribution in [1.29, 1.82) is 5.41 Å². The van der Waals surface area contributed by atoms with Crippen molar-refractivity contribution in [1.82, 2.24) is 19.7 Å². The number of carbonyl (C=O) groups excluding carboxylic acids is 1. The molecule has 0 atom stereocenters. The number of hydrogen-bond donors (Lipinski definition) is 3. The summed E-state index contributed by atoms with van der Waals surface area (Å²) in [6, 6.07) is 12.0. The highest BCUT2D eigenvalue weighted by Gasteiger charge is 2.19. The van der Waals surface area contributed by atoms with E-state index < -0.39 is 23.1 Å². The van der Waals surface area contributed by atoms with Crippen LogP contribution in [-0.2, 0) is 7.05 Å². The van der Waals surface area contributed by atoms with Crippen molar-refractivity contribution in [2.24, 2.45) is 7.05 Å². The molecule has 9 nitrogen and oxygen atoms in total. The zero-order chi connectivity index (χ0) is 29.1. The fourth-order valence-corrected chi connectivity index (χ4v) is 4.17. The van der Waals surface area contributed by atoms with Gasteiger partial charge in [0.15, 0.2) is 17.3 Å². The molecule has 2 aromatic heterocycles. The topological polar surface area (TPSA) is 114 Å². The Labute approximate surface area is 233 Å². The van der Waals surface area contributed by atoms with Gasteiger partial charge < -0.3 is 20.8 Å². The maximum Gasteiger partial charge on any atom is 0.267 e. The number of aryl methyl sites for hydroxylation is 1. The van der Waals surface area contributed by atoms with Crippen molar-refractivity contribution in [3.63, 3.8) is 0 Å². The van der Waals surface area contributed by atoms with Gasteiger partial charge in [0, 0.05) is 59.9 Å². The Bertz CT molecular complexity index is 1820. The number of nitrogens with one attached hydrogen (secondary N) is 3. The molecule has 0 saturated carbocycles. The number of benzene rings is 2. The van der Waals surface area contributed by atoms with Crippen LogP contribution in [0, 0.1) is 24.0 Å². The lowest BCUT2D eigenvalue weighted by molar-refractivity contribution is 0.102. The van der Waals surface area contributed by atoms with E-state index in [1.807, 2.05) is 14.0 Å². The van der Waals surface area contributed by atoms with Crippen LogP contribution in [0.2, 0.25) is 0 Å². The number of pyridine rings is 1. The second kappa shape index (κ2) is 11.3. The summed E-state index contributed by atoms with van der Waals surface area (Å²) in [6.45, 7) is 1.92. The number of carbonyl (C=O) groups is 1. The third-order valence-electron chi connectivity index (χ3n) is 6.44. The zero-order valence-corrected chi connectivity index (χ0v) is 22.0. The van der Waals surface area contributed by atoms with Gasteiger partial charge in [-0.2, -0.15) is 5.10 Å². The van der Waals surface area contributed by atoms with Crippen LogP contribution in [0.25, 0.3) is 11.3 Å². The monoisotopic (exact) mass is 554 g/mol. The largest absolute Gasteiger partial charge is 0.452 e. The molecule has 2 aromatic carbocycles. The lowest BCUT2D eigenvalue weighted by atomic mass is 10.0. The van der Waals surface area contributed by atoms with Gasteiger partial charge in [-0.25, -0.2) is 8.78 Å². The minimum Gasteiger partial charge on any atom is -0.452 e. The second-order valence-electron chi connectivity index (χ2n) is 9.04.